The number of hydrogen-bond donors (Lipinski definition) is 4. The second kappa shape index (κ2) is 13.2. The lowest BCUT2D eigenvalue weighted by molar-refractivity contribution is -0.136. The van der Waals surface area contributed by atoms with Crippen LogP contribution in [-0.4, -0.2) is 32.4 Å². The van der Waals surface area contributed by atoms with Crippen LogP contribution in [0.1, 0.15) is 80.8 Å². The Morgan fingerprint density at radius 2 is 1.50 bits per heavy atom. The van der Waals surface area contributed by atoms with Gasteiger partial charge in [-0.05, 0) is 48.2 Å². The first-order chi connectivity index (χ1) is 15.1. The molecule has 0 fully saturated rings. The van der Waals surface area contributed by atoms with Gasteiger partial charge in [-0.25, -0.2) is 4.79 Å². The minimum absolute atomic E-state index is 0.116. The van der Waals surface area contributed by atoms with E-state index in [1.54, 1.807) is 36.4 Å². The molecule has 0 aliphatic rings. The summed E-state index contributed by atoms with van der Waals surface area (Å²) in [5.74, 6) is -1.98. The van der Waals surface area contributed by atoms with Crippen molar-refractivity contribution in [1.29, 1.82) is 0 Å². The van der Waals surface area contributed by atoms with Crippen molar-refractivity contribution in [3.8, 4) is 11.5 Å². The number of hydrogen-bond acceptors (Lipinski definition) is 4. The van der Waals surface area contributed by atoms with Gasteiger partial charge in [0, 0.05) is 5.41 Å². The van der Waals surface area contributed by atoms with Gasteiger partial charge in [-0.1, -0.05) is 70.4 Å². The summed E-state index contributed by atoms with van der Waals surface area (Å²) < 4.78 is 0. The zero-order chi connectivity index (χ0) is 24.1. The van der Waals surface area contributed by atoms with Gasteiger partial charge in [-0.15, -0.1) is 0 Å². The number of rotatable bonds is 10. The summed E-state index contributed by atoms with van der Waals surface area (Å²) in [6.07, 6.45) is 9.85. The molecule has 0 spiro atoms. The van der Waals surface area contributed by atoms with E-state index in [9.17, 15) is 19.8 Å². The molecule has 0 aliphatic carbocycles. The zero-order valence-electron chi connectivity index (χ0n) is 19.0. The molecular formula is C26H34O6. The smallest absolute Gasteiger partial charge is 0.339 e. The Bertz CT molecular complexity index is 897. The summed E-state index contributed by atoms with van der Waals surface area (Å²) in [4.78, 5) is 21.2. The lowest BCUT2D eigenvalue weighted by Gasteiger charge is -2.26. The number of allylic oxidation sites excluding steroid dienone is 1. The van der Waals surface area contributed by atoms with Crippen LogP contribution in [0.3, 0.4) is 0 Å². The molecule has 0 saturated carbocycles. The minimum Gasteiger partial charge on any atom is -0.508 e. The quantitative estimate of drug-likeness (QED) is 0.261. The Morgan fingerprint density at radius 1 is 0.875 bits per heavy atom. The van der Waals surface area contributed by atoms with Gasteiger partial charge in [0.15, 0.2) is 0 Å². The minimum atomic E-state index is -1.16. The van der Waals surface area contributed by atoms with Crippen LogP contribution in [0.2, 0.25) is 0 Å². The predicted octanol–water partition coefficient (Wildman–Crippen LogP) is 6.11. The van der Waals surface area contributed by atoms with Crippen LogP contribution in [0.15, 0.2) is 54.6 Å². The van der Waals surface area contributed by atoms with Crippen molar-refractivity contribution in [1.82, 2.24) is 0 Å². The molecule has 0 saturated heterocycles. The van der Waals surface area contributed by atoms with Crippen molar-refractivity contribution in [3.05, 3.63) is 71.3 Å². The van der Waals surface area contributed by atoms with E-state index in [2.05, 4.69) is 6.92 Å². The fourth-order valence-electron chi connectivity index (χ4n) is 3.13. The van der Waals surface area contributed by atoms with Crippen LogP contribution < -0.4 is 0 Å². The number of unbranched alkanes of at least 4 members (excludes halogenated alkanes) is 4. The molecule has 0 aliphatic heterocycles. The Balaban J connectivity index is 0.000000368. The van der Waals surface area contributed by atoms with Gasteiger partial charge >= 0.3 is 11.9 Å². The summed E-state index contributed by atoms with van der Waals surface area (Å²) >= 11 is 0. The highest BCUT2D eigenvalue weighted by atomic mass is 16.4. The second-order valence-electron chi connectivity index (χ2n) is 8.13. The van der Waals surface area contributed by atoms with E-state index in [0.717, 1.165) is 17.5 Å². The maximum absolute atomic E-state index is 11.1. The van der Waals surface area contributed by atoms with Gasteiger partial charge < -0.3 is 20.4 Å². The van der Waals surface area contributed by atoms with E-state index in [4.69, 9.17) is 10.2 Å². The Labute approximate surface area is 189 Å². The van der Waals surface area contributed by atoms with E-state index < -0.39 is 17.4 Å². The third-order valence-corrected chi connectivity index (χ3v) is 5.22. The van der Waals surface area contributed by atoms with Crippen LogP contribution in [0.4, 0.5) is 0 Å². The van der Waals surface area contributed by atoms with Crippen molar-refractivity contribution in [3.63, 3.8) is 0 Å². The molecule has 0 radical (unpaired) electrons. The Hall–Kier alpha value is -3.28. The third kappa shape index (κ3) is 8.84. The first-order valence-corrected chi connectivity index (χ1v) is 10.8. The first kappa shape index (κ1) is 26.8. The number of carboxylic acids is 2. The number of carbonyl (C=O) groups is 2. The number of aromatic hydroxyl groups is 2. The van der Waals surface area contributed by atoms with Crippen molar-refractivity contribution in [2.24, 2.45) is 0 Å². The maximum Gasteiger partial charge on any atom is 0.339 e. The Morgan fingerprint density at radius 3 is 2.06 bits per heavy atom. The fourth-order valence-corrected chi connectivity index (χ4v) is 3.13. The molecule has 2 rings (SSSR count). The van der Waals surface area contributed by atoms with E-state index in [0.29, 0.717) is 0 Å². The average molecular weight is 443 g/mol. The molecule has 0 atom stereocenters. The molecule has 0 aromatic heterocycles. The van der Waals surface area contributed by atoms with Gasteiger partial charge in [-0.2, -0.15) is 0 Å². The molecule has 0 bridgehead atoms. The lowest BCUT2D eigenvalue weighted by Crippen LogP contribution is -2.19. The fraction of sp³-hybridized carbons (Fsp3) is 0.385. The molecule has 2 aromatic carbocycles. The average Bonchev–Trinajstić information content (AvgIpc) is 2.73. The number of phenolic OH excluding ortho intramolecular Hbond substituents is 1. The molecule has 0 unspecified atom stereocenters. The molecule has 32 heavy (non-hydrogen) atoms. The number of phenols is 2. The van der Waals surface area contributed by atoms with Crippen LogP contribution in [0.5, 0.6) is 11.5 Å². The largest absolute Gasteiger partial charge is 0.508 e. The molecular weight excluding hydrogens is 408 g/mol. The number of benzene rings is 2. The monoisotopic (exact) mass is 442 g/mol. The van der Waals surface area contributed by atoms with E-state index in [1.807, 2.05) is 19.9 Å². The number of carboxylic acid groups (broad SMARTS) is 2. The molecule has 6 heteroatoms. The zero-order valence-corrected chi connectivity index (χ0v) is 19.0. The summed E-state index contributed by atoms with van der Waals surface area (Å²) in [5, 5.41) is 36.3. The topological polar surface area (TPSA) is 115 Å². The van der Waals surface area contributed by atoms with Gasteiger partial charge in [0.25, 0.3) is 0 Å². The van der Waals surface area contributed by atoms with Gasteiger partial charge in [0.1, 0.15) is 17.1 Å². The van der Waals surface area contributed by atoms with Crippen LogP contribution in [0.25, 0.3) is 0 Å². The second-order valence-corrected chi connectivity index (χ2v) is 8.13. The first-order valence-electron chi connectivity index (χ1n) is 10.8. The summed E-state index contributed by atoms with van der Waals surface area (Å²) in [6, 6.07) is 11.3. The van der Waals surface area contributed by atoms with Crippen LogP contribution >= 0.6 is 0 Å². The van der Waals surface area contributed by atoms with Crippen molar-refractivity contribution in [2.45, 2.75) is 64.7 Å². The van der Waals surface area contributed by atoms with Gasteiger partial charge in [0.05, 0.1) is 6.42 Å². The normalized spacial score (nSPS) is 11.1. The maximum atomic E-state index is 11.1. The van der Waals surface area contributed by atoms with E-state index in [1.165, 1.54) is 37.8 Å². The summed E-state index contributed by atoms with van der Waals surface area (Å²) in [6.45, 7) is 6.09. The highest BCUT2D eigenvalue weighted by Crippen LogP contribution is 2.34. The number of aliphatic carboxylic acids is 1. The third-order valence-electron chi connectivity index (χ3n) is 5.22. The van der Waals surface area contributed by atoms with E-state index in [-0.39, 0.29) is 23.5 Å². The van der Waals surface area contributed by atoms with Crippen molar-refractivity contribution < 1.29 is 30.0 Å². The standard InChI is InChI=1S/C16H16O4.C10H18O2/c1-16(2,10-3-6-12(17)7-4-10)11-5-8-14(18)13(9-11)15(19)20;1-2-3-4-5-6-7-8-9-10(11)12/h3-9,17-18H,1-2H3,(H,19,20);7-8H,2-6,9H2,1H3,(H,11,12). The predicted molar refractivity (Wildman–Crippen MR) is 125 cm³/mol. The Kier molecular flexibility index (Phi) is 11.0. The van der Waals surface area contributed by atoms with Crippen molar-refractivity contribution in [2.75, 3.05) is 0 Å². The summed E-state index contributed by atoms with van der Waals surface area (Å²) in [7, 11) is 0. The van der Waals surface area contributed by atoms with Gasteiger partial charge in [-0.3, -0.25) is 4.79 Å². The number of aromatic carboxylic acids is 1. The van der Waals surface area contributed by atoms with Crippen molar-refractivity contribution >= 4 is 11.9 Å². The highest BCUT2D eigenvalue weighted by molar-refractivity contribution is 5.91. The highest BCUT2D eigenvalue weighted by Gasteiger charge is 2.25. The molecule has 0 amide bonds. The molecule has 174 valence electrons. The molecule has 6 nitrogen and oxygen atoms in total. The van der Waals surface area contributed by atoms with Crippen LogP contribution in [-0.2, 0) is 10.2 Å². The molecule has 0 heterocycles. The van der Waals surface area contributed by atoms with Crippen LogP contribution in [0, 0.1) is 0 Å². The van der Waals surface area contributed by atoms with Gasteiger partial charge in [0.2, 0.25) is 0 Å². The SMILES string of the molecule is CC(C)(c1ccc(O)cc1)c1ccc(O)c(C(=O)O)c1.CCCCCCC=CCC(=O)O. The molecule has 2 aromatic rings. The lowest BCUT2D eigenvalue weighted by atomic mass is 9.77. The summed E-state index contributed by atoms with van der Waals surface area (Å²) in [5.41, 5.74) is 1.16. The molecule has 4 N–H and O–H groups in total. The van der Waals surface area contributed by atoms with E-state index >= 15 is 0 Å².